The number of hydrogen-bond donors (Lipinski definition) is 1. The van der Waals surface area contributed by atoms with Gasteiger partial charge in [0.05, 0.1) is 5.02 Å². The van der Waals surface area contributed by atoms with Crippen LogP contribution in [0, 0.1) is 5.82 Å². The lowest BCUT2D eigenvalue weighted by Gasteiger charge is -2.23. The second-order valence-electron chi connectivity index (χ2n) is 4.61. The Bertz CT molecular complexity index is 530. The fourth-order valence-corrected chi connectivity index (χ4v) is 3.79. The van der Waals surface area contributed by atoms with Gasteiger partial charge in [0.25, 0.3) is 0 Å². The first-order valence-corrected chi connectivity index (χ1v) is 8.06. The summed E-state index contributed by atoms with van der Waals surface area (Å²) >= 11 is 5.90. The van der Waals surface area contributed by atoms with E-state index in [1.807, 2.05) is 0 Å². The SMILES string of the molecule is CS(=O)(=O)c1c(F)cc(C2CCNCC2)cc1Cl. The van der Waals surface area contributed by atoms with Crippen molar-refractivity contribution in [2.75, 3.05) is 19.3 Å². The van der Waals surface area contributed by atoms with E-state index < -0.39 is 20.5 Å². The molecule has 3 nitrogen and oxygen atoms in total. The van der Waals surface area contributed by atoms with Gasteiger partial charge in [-0.15, -0.1) is 0 Å². The van der Waals surface area contributed by atoms with E-state index in [4.69, 9.17) is 11.6 Å². The number of benzene rings is 1. The minimum atomic E-state index is -3.63. The molecule has 0 saturated carbocycles. The predicted molar refractivity (Wildman–Crippen MR) is 69.4 cm³/mol. The van der Waals surface area contributed by atoms with Gasteiger partial charge in [-0.2, -0.15) is 0 Å². The Labute approximate surface area is 111 Å². The third kappa shape index (κ3) is 2.84. The maximum atomic E-state index is 13.9. The zero-order chi connectivity index (χ0) is 13.3. The highest BCUT2D eigenvalue weighted by Crippen LogP contribution is 2.32. The molecular weight excluding hydrogens is 277 g/mol. The van der Waals surface area contributed by atoms with Gasteiger partial charge in [0.2, 0.25) is 0 Å². The number of hydrogen-bond acceptors (Lipinski definition) is 3. The molecule has 0 spiro atoms. The average molecular weight is 292 g/mol. The van der Waals surface area contributed by atoms with Crippen LogP contribution in [0.25, 0.3) is 0 Å². The smallest absolute Gasteiger partial charge is 0.179 e. The highest BCUT2D eigenvalue weighted by molar-refractivity contribution is 7.90. The zero-order valence-corrected chi connectivity index (χ0v) is 11.6. The molecule has 1 aromatic carbocycles. The molecule has 0 aromatic heterocycles. The minimum absolute atomic E-state index is 0.0222. The summed E-state index contributed by atoms with van der Waals surface area (Å²) in [5.41, 5.74) is 0.784. The number of piperidine rings is 1. The Kier molecular flexibility index (Phi) is 3.94. The summed E-state index contributed by atoms with van der Waals surface area (Å²) in [5.74, 6) is -0.509. The van der Waals surface area contributed by atoms with Crippen molar-refractivity contribution in [1.82, 2.24) is 5.32 Å². The predicted octanol–water partition coefficient (Wildman–Crippen LogP) is 2.35. The van der Waals surface area contributed by atoms with Crippen molar-refractivity contribution < 1.29 is 12.8 Å². The quantitative estimate of drug-likeness (QED) is 0.910. The van der Waals surface area contributed by atoms with E-state index in [1.54, 1.807) is 6.07 Å². The van der Waals surface area contributed by atoms with Crippen molar-refractivity contribution >= 4 is 21.4 Å². The fraction of sp³-hybridized carbons (Fsp3) is 0.500. The molecule has 0 unspecified atom stereocenters. The molecule has 1 saturated heterocycles. The van der Waals surface area contributed by atoms with Gasteiger partial charge in [0.1, 0.15) is 10.7 Å². The summed E-state index contributed by atoms with van der Waals surface area (Å²) in [7, 11) is -3.63. The van der Waals surface area contributed by atoms with Crippen LogP contribution in [-0.4, -0.2) is 27.8 Å². The Balaban J connectivity index is 2.42. The van der Waals surface area contributed by atoms with Gasteiger partial charge in [0.15, 0.2) is 9.84 Å². The highest BCUT2D eigenvalue weighted by Gasteiger charge is 2.22. The molecule has 100 valence electrons. The van der Waals surface area contributed by atoms with E-state index in [2.05, 4.69) is 5.32 Å². The fourth-order valence-electron chi connectivity index (χ4n) is 2.32. The molecule has 1 N–H and O–H groups in total. The van der Waals surface area contributed by atoms with E-state index in [1.165, 1.54) is 6.07 Å². The number of rotatable bonds is 2. The molecule has 0 atom stereocenters. The topological polar surface area (TPSA) is 46.2 Å². The van der Waals surface area contributed by atoms with Crippen molar-refractivity contribution in [3.05, 3.63) is 28.5 Å². The first kappa shape index (κ1) is 13.8. The van der Waals surface area contributed by atoms with Gasteiger partial charge in [0, 0.05) is 6.26 Å². The molecule has 1 aromatic rings. The van der Waals surface area contributed by atoms with Crippen LogP contribution in [0.3, 0.4) is 0 Å². The van der Waals surface area contributed by atoms with Gasteiger partial charge in [-0.05, 0) is 49.5 Å². The van der Waals surface area contributed by atoms with E-state index in [-0.39, 0.29) is 10.9 Å². The van der Waals surface area contributed by atoms with Crippen molar-refractivity contribution in [1.29, 1.82) is 0 Å². The van der Waals surface area contributed by atoms with Crippen LogP contribution in [-0.2, 0) is 9.84 Å². The molecule has 1 aliphatic rings. The standard InChI is InChI=1S/C12H15ClFNO2S/c1-18(16,17)12-10(13)6-9(7-11(12)14)8-2-4-15-5-3-8/h6-8,15H,2-5H2,1H3. The molecule has 0 aliphatic carbocycles. The first-order valence-electron chi connectivity index (χ1n) is 5.79. The molecule has 1 heterocycles. The maximum absolute atomic E-state index is 13.9. The zero-order valence-electron chi connectivity index (χ0n) is 10.0. The van der Waals surface area contributed by atoms with E-state index in [9.17, 15) is 12.8 Å². The summed E-state index contributed by atoms with van der Waals surface area (Å²) in [6.07, 6.45) is 2.78. The molecule has 0 radical (unpaired) electrons. The Morgan fingerprint density at radius 2 is 1.94 bits per heavy atom. The normalized spacial score (nSPS) is 17.9. The first-order chi connectivity index (χ1) is 8.39. The second-order valence-corrected chi connectivity index (χ2v) is 6.97. The summed E-state index contributed by atoms with van der Waals surface area (Å²) in [4.78, 5) is -0.401. The van der Waals surface area contributed by atoms with Crippen molar-refractivity contribution in [3.8, 4) is 0 Å². The van der Waals surface area contributed by atoms with Crippen molar-refractivity contribution in [3.63, 3.8) is 0 Å². The molecule has 2 rings (SSSR count). The molecule has 6 heteroatoms. The average Bonchev–Trinajstić information content (AvgIpc) is 2.27. The van der Waals surface area contributed by atoms with Gasteiger partial charge >= 0.3 is 0 Å². The largest absolute Gasteiger partial charge is 0.317 e. The van der Waals surface area contributed by atoms with Crippen molar-refractivity contribution in [2.24, 2.45) is 0 Å². The van der Waals surface area contributed by atoms with Gasteiger partial charge < -0.3 is 5.32 Å². The minimum Gasteiger partial charge on any atom is -0.317 e. The molecule has 1 fully saturated rings. The third-order valence-corrected chi connectivity index (χ3v) is 4.77. The van der Waals surface area contributed by atoms with Crippen molar-refractivity contribution in [2.45, 2.75) is 23.7 Å². The molecule has 18 heavy (non-hydrogen) atoms. The summed E-state index contributed by atoms with van der Waals surface area (Å²) in [5, 5.41) is 3.20. The monoisotopic (exact) mass is 291 g/mol. The number of sulfone groups is 1. The Hall–Kier alpha value is -0.650. The number of nitrogens with one attached hydrogen (secondary N) is 1. The number of halogens is 2. The molecular formula is C12H15ClFNO2S. The van der Waals surface area contributed by atoms with Crippen LogP contribution in [0.15, 0.2) is 17.0 Å². The summed E-state index contributed by atoms with van der Waals surface area (Å²) < 4.78 is 36.7. The lowest BCUT2D eigenvalue weighted by atomic mass is 9.90. The van der Waals surface area contributed by atoms with E-state index in [0.717, 1.165) is 37.8 Å². The Morgan fingerprint density at radius 1 is 1.33 bits per heavy atom. The molecule has 1 aliphatic heterocycles. The summed E-state index contributed by atoms with van der Waals surface area (Å²) in [6, 6.07) is 2.88. The lowest BCUT2D eigenvalue weighted by Crippen LogP contribution is -2.26. The van der Waals surface area contributed by atoms with Gasteiger partial charge in [-0.3, -0.25) is 0 Å². The summed E-state index contributed by atoms with van der Waals surface area (Å²) in [6.45, 7) is 1.77. The second kappa shape index (κ2) is 5.15. The van der Waals surface area contributed by atoms with Crippen LogP contribution in [0.2, 0.25) is 5.02 Å². The molecule has 0 bridgehead atoms. The van der Waals surface area contributed by atoms with Crippen LogP contribution >= 0.6 is 11.6 Å². The van der Waals surface area contributed by atoms with E-state index in [0.29, 0.717) is 0 Å². The highest BCUT2D eigenvalue weighted by atomic mass is 35.5. The van der Waals surface area contributed by atoms with Gasteiger partial charge in [-0.1, -0.05) is 11.6 Å². The van der Waals surface area contributed by atoms with Crippen LogP contribution in [0.1, 0.15) is 24.3 Å². The lowest BCUT2D eigenvalue weighted by molar-refractivity contribution is 0.457. The van der Waals surface area contributed by atoms with E-state index >= 15 is 0 Å². The third-order valence-electron chi connectivity index (χ3n) is 3.20. The van der Waals surface area contributed by atoms with Crippen LogP contribution in [0.4, 0.5) is 4.39 Å². The Morgan fingerprint density at radius 3 is 2.44 bits per heavy atom. The molecule has 0 amide bonds. The van der Waals surface area contributed by atoms with Gasteiger partial charge in [-0.25, -0.2) is 12.8 Å². The van der Waals surface area contributed by atoms with Crippen LogP contribution < -0.4 is 5.32 Å². The van der Waals surface area contributed by atoms with Crippen LogP contribution in [0.5, 0.6) is 0 Å². The maximum Gasteiger partial charge on any atom is 0.179 e.